The Labute approximate surface area is 160 Å². The number of ether oxygens (including phenoxy) is 1. The number of rotatable bonds is 5. The van der Waals surface area contributed by atoms with Crippen molar-refractivity contribution >= 4 is 17.2 Å². The maximum atomic E-state index is 11.2. The molecule has 0 radical (unpaired) electrons. The van der Waals surface area contributed by atoms with E-state index in [1.165, 1.54) is 0 Å². The van der Waals surface area contributed by atoms with E-state index in [-0.39, 0.29) is 6.10 Å². The van der Waals surface area contributed by atoms with Crippen LogP contribution in [0.25, 0.3) is 33.7 Å². The van der Waals surface area contributed by atoms with Crippen molar-refractivity contribution in [3.8, 4) is 34.7 Å². The van der Waals surface area contributed by atoms with Crippen molar-refractivity contribution in [1.29, 1.82) is 5.26 Å². The van der Waals surface area contributed by atoms with Crippen LogP contribution in [0.15, 0.2) is 47.1 Å². The van der Waals surface area contributed by atoms with Gasteiger partial charge in [-0.25, -0.2) is 0 Å². The summed E-state index contributed by atoms with van der Waals surface area (Å²) in [5.41, 5.74) is 3.07. The minimum Gasteiger partial charge on any atom is -0.490 e. The zero-order valence-corrected chi connectivity index (χ0v) is 15.3. The molecule has 28 heavy (non-hydrogen) atoms. The van der Waals surface area contributed by atoms with Crippen LogP contribution in [0, 0.1) is 11.3 Å². The van der Waals surface area contributed by atoms with Crippen LogP contribution in [0.4, 0.5) is 0 Å². The van der Waals surface area contributed by atoms with Crippen molar-refractivity contribution in [1.82, 2.24) is 15.1 Å². The van der Waals surface area contributed by atoms with Gasteiger partial charge in [0.25, 0.3) is 5.89 Å². The highest BCUT2D eigenvalue weighted by Crippen LogP contribution is 2.31. The standard InChI is InChI=1S/C21H16N4O3/c1-12(2)27-18-7-6-13(8-14(18)9-22)21-24-20(25-28-21)17-5-3-4-16-15(11-26)10-23-19(16)17/h3-8,10-12,23H,1-2H3. The Morgan fingerprint density at radius 1 is 1.29 bits per heavy atom. The Morgan fingerprint density at radius 2 is 2.14 bits per heavy atom. The predicted octanol–water partition coefficient (Wildman–Crippen LogP) is 4.36. The SMILES string of the molecule is CC(C)Oc1ccc(-c2nc(-c3cccc4c(C=O)c[nH]c34)no2)cc1C#N. The molecule has 0 saturated carbocycles. The molecule has 0 fully saturated rings. The number of para-hydroxylation sites is 1. The zero-order chi connectivity index (χ0) is 19.7. The summed E-state index contributed by atoms with van der Waals surface area (Å²) in [6, 6.07) is 12.8. The molecule has 0 aliphatic carbocycles. The average molecular weight is 372 g/mol. The lowest BCUT2D eigenvalue weighted by atomic mass is 10.1. The smallest absolute Gasteiger partial charge is 0.258 e. The van der Waals surface area contributed by atoms with Crippen molar-refractivity contribution in [2.45, 2.75) is 20.0 Å². The molecule has 4 aromatic rings. The molecule has 2 aromatic heterocycles. The molecule has 0 saturated heterocycles. The first-order valence-corrected chi connectivity index (χ1v) is 8.71. The summed E-state index contributed by atoms with van der Waals surface area (Å²) >= 11 is 0. The highest BCUT2D eigenvalue weighted by Gasteiger charge is 2.16. The summed E-state index contributed by atoms with van der Waals surface area (Å²) in [6.07, 6.45) is 2.41. The minimum absolute atomic E-state index is 0.0366. The van der Waals surface area contributed by atoms with Gasteiger partial charge in [-0.1, -0.05) is 17.3 Å². The van der Waals surface area contributed by atoms with Crippen LogP contribution in [-0.2, 0) is 0 Å². The fourth-order valence-corrected chi connectivity index (χ4v) is 3.02. The Morgan fingerprint density at radius 3 is 2.89 bits per heavy atom. The van der Waals surface area contributed by atoms with Gasteiger partial charge in [-0.15, -0.1) is 0 Å². The third kappa shape index (κ3) is 3.01. The number of aromatic nitrogens is 3. The molecule has 7 heteroatoms. The quantitative estimate of drug-likeness (QED) is 0.522. The molecule has 1 N–H and O–H groups in total. The van der Waals surface area contributed by atoms with Crippen molar-refractivity contribution in [2.24, 2.45) is 0 Å². The first-order chi connectivity index (χ1) is 13.6. The van der Waals surface area contributed by atoms with Crippen LogP contribution in [-0.4, -0.2) is 27.5 Å². The van der Waals surface area contributed by atoms with Gasteiger partial charge >= 0.3 is 0 Å². The normalized spacial score (nSPS) is 10.9. The molecular weight excluding hydrogens is 356 g/mol. The van der Waals surface area contributed by atoms with E-state index in [9.17, 15) is 10.1 Å². The second-order valence-electron chi connectivity index (χ2n) is 6.50. The van der Waals surface area contributed by atoms with E-state index < -0.39 is 0 Å². The van der Waals surface area contributed by atoms with Gasteiger partial charge in [-0.2, -0.15) is 10.2 Å². The average Bonchev–Trinajstić information content (AvgIpc) is 3.34. The van der Waals surface area contributed by atoms with Crippen molar-refractivity contribution in [3.63, 3.8) is 0 Å². The Kier molecular flexibility index (Phi) is 4.38. The number of nitrogens with zero attached hydrogens (tertiary/aromatic N) is 3. The molecule has 7 nitrogen and oxygen atoms in total. The highest BCUT2D eigenvalue weighted by atomic mass is 16.5. The number of carbonyl (C=O) groups is 1. The number of benzene rings is 2. The fourth-order valence-electron chi connectivity index (χ4n) is 3.02. The van der Waals surface area contributed by atoms with Crippen LogP contribution >= 0.6 is 0 Å². The van der Waals surface area contributed by atoms with Gasteiger partial charge in [0.2, 0.25) is 5.82 Å². The van der Waals surface area contributed by atoms with Crippen LogP contribution < -0.4 is 4.74 Å². The van der Waals surface area contributed by atoms with Gasteiger partial charge < -0.3 is 14.2 Å². The summed E-state index contributed by atoms with van der Waals surface area (Å²) in [6.45, 7) is 3.80. The highest BCUT2D eigenvalue weighted by molar-refractivity contribution is 6.02. The van der Waals surface area contributed by atoms with Crippen LogP contribution in [0.3, 0.4) is 0 Å². The number of hydrogen-bond acceptors (Lipinski definition) is 6. The Balaban J connectivity index is 1.74. The number of nitrogens with one attached hydrogen (secondary N) is 1. The first-order valence-electron chi connectivity index (χ1n) is 8.71. The number of nitriles is 1. The molecule has 0 unspecified atom stereocenters. The second-order valence-corrected chi connectivity index (χ2v) is 6.50. The number of aromatic amines is 1. The summed E-state index contributed by atoms with van der Waals surface area (Å²) < 4.78 is 11.1. The molecule has 0 amide bonds. The van der Waals surface area contributed by atoms with Crippen LogP contribution in [0.2, 0.25) is 0 Å². The number of fused-ring (bicyclic) bond motifs is 1. The van der Waals surface area contributed by atoms with Gasteiger partial charge in [0.15, 0.2) is 6.29 Å². The zero-order valence-electron chi connectivity index (χ0n) is 15.3. The van der Waals surface area contributed by atoms with Gasteiger partial charge in [0, 0.05) is 28.3 Å². The molecule has 2 aromatic carbocycles. The van der Waals surface area contributed by atoms with E-state index >= 15 is 0 Å². The second kappa shape index (κ2) is 7.00. The van der Waals surface area contributed by atoms with E-state index in [4.69, 9.17) is 9.26 Å². The van der Waals surface area contributed by atoms with E-state index in [2.05, 4.69) is 21.2 Å². The molecular formula is C21H16N4O3. The van der Waals surface area contributed by atoms with Gasteiger partial charge in [-0.05, 0) is 38.1 Å². The van der Waals surface area contributed by atoms with Gasteiger partial charge in [-0.3, -0.25) is 4.79 Å². The van der Waals surface area contributed by atoms with Crippen molar-refractivity contribution in [3.05, 3.63) is 53.7 Å². The summed E-state index contributed by atoms with van der Waals surface area (Å²) in [7, 11) is 0. The molecule has 0 spiro atoms. The lowest BCUT2D eigenvalue weighted by Gasteiger charge is -2.11. The predicted molar refractivity (Wildman–Crippen MR) is 103 cm³/mol. The molecule has 0 atom stereocenters. The van der Waals surface area contributed by atoms with E-state index in [1.807, 2.05) is 32.0 Å². The molecule has 4 rings (SSSR count). The summed E-state index contributed by atoms with van der Waals surface area (Å²) in [5.74, 6) is 1.20. The van der Waals surface area contributed by atoms with Gasteiger partial charge in [0.1, 0.15) is 11.8 Å². The monoisotopic (exact) mass is 372 g/mol. The van der Waals surface area contributed by atoms with Crippen molar-refractivity contribution in [2.75, 3.05) is 0 Å². The molecule has 0 aliphatic rings. The van der Waals surface area contributed by atoms with E-state index in [0.29, 0.717) is 34.2 Å². The first kappa shape index (κ1) is 17.5. The maximum Gasteiger partial charge on any atom is 0.258 e. The number of aldehydes is 1. The van der Waals surface area contributed by atoms with Crippen LogP contribution in [0.1, 0.15) is 29.8 Å². The van der Waals surface area contributed by atoms with E-state index in [1.54, 1.807) is 24.4 Å². The summed E-state index contributed by atoms with van der Waals surface area (Å²) in [4.78, 5) is 18.7. The molecule has 2 heterocycles. The maximum absolute atomic E-state index is 11.2. The van der Waals surface area contributed by atoms with Crippen molar-refractivity contribution < 1.29 is 14.1 Å². The third-order valence-electron chi connectivity index (χ3n) is 4.25. The fraction of sp³-hybridized carbons (Fsp3) is 0.143. The van der Waals surface area contributed by atoms with Crippen LogP contribution in [0.5, 0.6) is 5.75 Å². The number of H-pyrrole nitrogens is 1. The Bertz CT molecular complexity index is 1210. The number of hydrogen-bond donors (Lipinski definition) is 1. The largest absolute Gasteiger partial charge is 0.490 e. The molecule has 0 bridgehead atoms. The van der Waals surface area contributed by atoms with E-state index in [0.717, 1.165) is 22.8 Å². The molecule has 0 aliphatic heterocycles. The topological polar surface area (TPSA) is 105 Å². The summed E-state index contributed by atoms with van der Waals surface area (Å²) in [5, 5.41) is 14.3. The third-order valence-corrected chi connectivity index (χ3v) is 4.25. The minimum atomic E-state index is -0.0366. The van der Waals surface area contributed by atoms with Gasteiger partial charge in [0.05, 0.1) is 17.2 Å². The number of carbonyl (C=O) groups excluding carboxylic acids is 1. The Hall–Kier alpha value is -3.92. The lowest BCUT2D eigenvalue weighted by Crippen LogP contribution is -2.06. The molecule has 138 valence electrons. The lowest BCUT2D eigenvalue weighted by molar-refractivity contribution is 0.112.